The minimum Gasteiger partial charge on any atom is -0.484 e. The van der Waals surface area contributed by atoms with Gasteiger partial charge in [-0.05, 0) is 50.2 Å². The van der Waals surface area contributed by atoms with Gasteiger partial charge in [0.25, 0.3) is 5.91 Å². The summed E-state index contributed by atoms with van der Waals surface area (Å²) in [4.78, 5) is 13.8. The monoisotopic (exact) mass is 306 g/mol. The third kappa shape index (κ3) is 4.68. The smallest absolute Gasteiger partial charge is 0.277 e. The average Bonchev–Trinajstić information content (AvgIpc) is 2.91. The van der Waals surface area contributed by atoms with Gasteiger partial charge in [0.1, 0.15) is 11.6 Å². The second kappa shape index (κ2) is 6.99. The Labute approximate surface area is 126 Å². The molecule has 0 aliphatic carbocycles. The topological polar surface area (TPSA) is 50.7 Å². The minimum atomic E-state index is -0.369. The number of carbonyl (C=O) groups is 1. The SMILES string of the molecule is C/C(=N/NC(=O)COc1ccc(F)cc1)c1ccc(C)s1. The van der Waals surface area contributed by atoms with Crippen molar-refractivity contribution in [2.24, 2.45) is 5.10 Å². The summed E-state index contributed by atoms with van der Waals surface area (Å²) in [5, 5.41) is 4.02. The zero-order valence-corrected chi connectivity index (χ0v) is 12.5. The molecule has 1 heterocycles. The van der Waals surface area contributed by atoms with Crippen molar-refractivity contribution in [2.45, 2.75) is 13.8 Å². The molecule has 110 valence electrons. The van der Waals surface area contributed by atoms with Gasteiger partial charge in [-0.25, -0.2) is 9.82 Å². The van der Waals surface area contributed by atoms with Gasteiger partial charge >= 0.3 is 0 Å². The zero-order chi connectivity index (χ0) is 15.2. The molecule has 0 unspecified atom stereocenters. The van der Waals surface area contributed by atoms with Crippen molar-refractivity contribution in [3.63, 3.8) is 0 Å². The van der Waals surface area contributed by atoms with Crippen LogP contribution in [-0.2, 0) is 4.79 Å². The first kappa shape index (κ1) is 15.2. The molecule has 0 aliphatic heterocycles. The zero-order valence-electron chi connectivity index (χ0n) is 11.7. The standard InChI is InChI=1S/C15H15FN2O2S/c1-10-3-8-14(21-10)11(2)17-18-15(19)9-20-13-6-4-12(16)5-7-13/h3-8H,9H2,1-2H3,(H,18,19)/b17-11-. The number of aryl methyl sites for hydroxylation is 1. The van der Waals surface area contributed by atoms with Crippen LogP contribution in [-0.4, -0.2) is 18.2 Å². The van der Waals surface area contributed by atoms with Crippen LogP contribution in [0.5, 0.6) is 5.75 Å². The van der Waals surface area contributed by atoms with Gasteiger partial charge in [0, 0.05) is 4.88 Å². The van der Waals surface area contributed by atoms with Crippen LogP contribution in [0.25, 0.3) is 0 Å². The van der Waals surface area contributed by atoms with Crippen LogP contribution in [0.3, 0.4) is 0 Å². The Kier molecular flexibility index (Phi) is 5.05. The van der Waals surface area contributed by atoms with E-state index in [9.17, 15) is 9.18 Å². The van der Waals surface area contributed by atoms with Gasteiger partial charge in [0.2, 0.25) is 0 Å². The van der Waals surface area contributed by atoms with E-state index in [1.807, 2.05) is 26.0 Å². The Balaban J connectivity index is 1.83. The fraction of sp³-hybridized carbons (Fsp3) is 0.200. The molecule has 0 spiro atoms. The fourth-order valence-corrected chi connectivity index (χ4v) is 2.35. The van der Waals surface area contributed by atoms with Crippen LogP contribution in [0.2, 0.25) is 0 Å². The van der Waals surface area contributed by atoms with Crippen molar-refractivity contribution in [1.29, 1.82) is 0 Å². The van der Waals surface area contributed by atoms with Gasteiger partial charge in [0.05, 0.1) is 10.6 Å². The Bertz CT molecular complexity index is 650. The highest BCUT2D eigenvalue weighted by Gasteiger charge is 2.04. The lowest BCUT2D eigenvalue weighted by Crippen LogP contribution is -2.25. The number of rotatable bonds is 5. The number of hydrazone groups is 1. The summed E-state index contributed by atoms with van der Waals surface area (Å²) in [7, 11) is 0. The van der Waals surface area contributed by atoms with Gasteiger partial charge < -0.3 is 4.74 Å². The number of amides is 1. The summed E-state index contributed by atoms with van der Waals surface area (Å²) in [5.41, 5.74) is 3.17. The molecule has 0 aliphatic rings. The van der Waals surface area contributed by atoms with E-state index in [0.29, 0.717) is 5.75 Å². The predicted molar refractivity (Wildman–Crippen MR) is 81.3 cm³/mol. The molecule has 0 atom stereocenters. The highest BCUT2D eigenvalue weighted by Crippen LogP contribution is 2.15. The molecule has 1 aromatic heterocycles. The van der Waals surface area contributed by atoms with Crippen molar-refractivity contribution in [1.82, 2.24) is 5.43 Å². The normalized spacial score (nSPS) is 11.3. The molecule has 1 amide bonds. The van der Waals surface area contributed by atoms with Crippen LogP contribution >= 0.6 is 11.3 Å². The maximum absolute atomic E-state index is 12.7. The number of nitrogens with one attached hydrogen (secondary N) is 1. The maximum Gasteiger partial charge on any atom is 0.277 e. The third-order valence-electron chi connectivity index (χ3n) is 2.63. The van der Waals surface area contributed by atoms with Gasteiger partial charge in [0.15, 0.2) is 6.61 Å². The molecule has 1 aromatic carbocycles. The molecule has 6 heteroatoms. The van der Waals surface area contributed by atoms with Gasteiger partial charge in [-0.3, -0.25) is 4.79 Å². The second-order valence-corrected chi connectivity index (χ2v) is 5.67. The Morgan fingerprint density at radius 1 is 1.29 bits per heavy atom. The molecule has 4 nitrogen and oxygen atoms in total. The number of hydrogen-bond acceptors (Lipinski definition) is 4. The van der Waals surface area contributed by atoms with E-state index < -0.39 is 0 Å². The molecular formula is C15H15FN2O2S. The van der Waals surface area contributed by atoms with Crippen molar-refractivity contribution in [2.75, 3.05) is 6.61 Å². The molecule has 0 saturated carbocycles. The Morgan fingerprint density at radius 3 is 2.62 bits per heavy atom. The molecule has 0 bridgehead atoms. The van der Waals surface area contributed by atoms with E-state index in [2.05, 4.69) is 10.5 Å². The second-order valence-electron chi connectivity index (χ2n) is 4.39. The highest BCUT2D eigenvalue weighted by molar-refractivity contribution is 7.14. The van der Waals surface area contributed by atoms with Crippen LogP contribution in [0.15, 0.2) is 41.5 Å². The van der Waals surface area contributed by atoms with Crippen LogP contribution in [0.4, 0.5) is 4.39 Å². The van der Waals surface area contributed by atoms with Crippen molar-refractivity contribution >= 4 is 23.0 Å². The van der Waals surface area contributed by atoms with Crippen LogP contribution < -0.4 is 10.2 Å². The summed E-state index contributed by atoms with van der Waals surface area (Å²) in [6, 6.07) is 9.43. The fourth-order valence-electron chi connectivity index (χ4n) is 1.54. The van der Waals surface area contributed by atoms with Crippen molar-refractivity contribution in [3.05, 3.63) is 52.0 Å². The number of thiophene rings is 1. The van der Waals surface area contributed by atoms with Crippen LogP contribution in [0.1, 0.15) is 16.7 Å². The first-order valence-corrected chi connectivity index (χ1v) is 7.14. The summed E-state index contributed by atoms with van der Waals surface area (Å²) in [6.45, 7) is 3.66. The molecule has 1 N–H and O–H groups in total. The first-order chi connectivity index (χ1) is 10.0. The highest BCUT2D eigenvalue weighted by atomic mass is 32.1. The lowest BCUT2D eigenvalue weighted by molar-refractivity contribution is -0.123. The number of carbonyl (C=O) groups excluding carboxylic acids is 1. The van der Waals surface area contributed by atoms with Crippen molar-refractivity contribution < 1.29 is 13.9 Å². The first-order valence-electron chi connectivity index (χ1n) is 6.33. The average molecular weight is 306 g/mol. The maximum atomic E-state index is 12.7. The summed E-state index contributed by atoms with van der Waals surface area (Å²) in [5.74, 6) is -0.286. The number of ether oxygens (including phenoxy) is 1. The van der Waals surface area contributed by atoms with Gasteiger partial charge in [-0.15, -0.1) is 11.3 Å². The largest absolute Gasteiger partial charge is 0.484 e. The van der Waals surface area contributed by atoms with E-state index in [4.69, 9.17) is 4.74 Å². The molecule has 2 rings (SSSR count). The lowest BCUT2D eigenvalue weighted by atomic mass is 10.3. The van der Waals surface area contributed by atoms with E-state index in [1.54, 1.807) is 11.3 Å². The van der Waals surface area contributed by atoms with E-state index in [1.165, 1.54) is 29.1 Å². The number of nitrogens with zero attached hydrogens (tertiary/aromatic N) is 1. The Hall–Kier alpha value is -2.21. The molecular weight excluding hydrogens is 291 g/mol. The van der Waals surface area contributed by atoms with Crippen LogP contribution in [0, 0.1) is 12.7 Å². The lowest BCUT2D eigenvalue weighted by Gasteiger charge is -2.05. The van der Waals surface area contributed by atoms with E-state index in [-0.39, 0.29) is 18.3 Å². The molecule has 21 heavy (non-hydrogen) atoms. The summed E-state index contributed by atoms with van der Waals surface area (Å²) >= 11 is 1.61. The third-order valence-corrected chi connectivity index (χ3v) is 3.74. The van der Waals surface area contributed by atoms with E-state index >= 15 is 0 Å². The van der Waals surface area contributed by atoms with Gasteiger partial charge in [-0.1, -0.05) is 0 Å². The van der Waals surface area contributed by atoms with E-state index in [0.717, 1.165) is 10.6 Å². The molecule has 0 radical (unpaired) electrons. The number of hydrogen-bond donors (Lipinski definition) is 1. The summed E-state index contributed by atoms with van der Waals surface area (Å²) < 4.78 is 17.9. The molecule has 0 saturated heterocycles. The minimum absolute atomic E-state index is 0.175. The quantitative estimate of drug-likeness (QED) is 0.681. The van der Waals surface area contributed by atoms with Gasteiger partial charge in [-0.2, -0.15) is 5.10 Å². The number of halogens is 1. The molecule has 0 fully saturated rings. The molecule has 2 aromatic rings. The number of benzene rings is 1. The Morgan fingerprint density at radius 2 is 2.00 bits per heavy atom. The summed E-state index contributed by atoms with van der Waals surface area (Å²) in [6.07, 6.45) is 0. The van der Waals surface area contributed by atoms with Crippen molar-refractivity contribution in [3.8, 4) is 5.75 Å². The predicted octanol–water partition coefficient (Wildman–Crippen LogP) is 3.11.